The highest BCUT2D eigenvalue weighted by Crippen LogP contribution is 2.26. The van der Waals surface area contributed by atoms with Crippen molar-refractivity contribution in [2.24, 2.45) is 0 Å². The Hall–Kier alpha value is -2.27. The van der Waals surface area contributed by atoms with Crippen molar-refractivity contribution in [2.45, 2.75) is 70.6 Å². The Balaban J connectivity index is 1.64. The SMILES string of the molecule is CCCCCC[C@H]1O[C@H](COCc2ccccc2)[C@@H](OCc2ccccc2)C=C1C=O. The Morgan fingerprint density at radius 3 is 2.23 bits per heavy atom. The smallest absolute Gasteiger partial charge is 0.148 e. The van der Waals surface area contributed by atoms with Gasteiger partial charge in [0.1, 0.15) is 18.5 Å². The summed E-state index contributed by atoms with van der Waals surface area (Å²) in [7, 11) is 0. The summed E-state index contributed by atoms with van der Waals surface area (Å²) in [4.78, 5) is 11.7. The zero-order valence-corrected chi connectivity index (χ0v) is 18.5. The van der Waals surface area contributed by atoms with Crippen LogP contribution in [0, 0.1) is 0 Å². The summed E-state index contributed by atoms with van der Waals surface area (Å²) in [6.07, 6.45) is 7.58. The topological polar surface area (TPSA) is 44.8 Å². The van der Waals surface area contributed by atoms with Crippen molar-refractivity contribution in [1.29, 1.82) is 0 Å². The molecular formula is C27H34O4. The van der Waals surface area contributed by atoms with Crippen LogP contribution < -0.4 is 0 Å². The largest absolute Gasteiger partial charge is 0.374 e. The third-order valence-corrected chi connectivity index (χ3v) is 5.57. The van der Waals surface area contributed by atoms with Crippen LogP contribution in [0.25, 0.3) is 0 Å². The van der Waals surface area contributed by atoms with Crippen LogP contribution >= 0.6 is 0 Å². The molecule has 0 saturated carbocycles. The molecular weight excluding hydrogens is 388 g/mol. The first kappa shape index (κ1) is 23.4. The molecule has 4 heteroatoms. The number of carbonyl (C=O) groups is 1. The number of benzene rings is 2. The second-order valence-corrected chi connectivity index (χ2v) is 8.06. The number of aldehydes is 1. The molecule has 2 aromatic rings. The summed E-state index contributed by atoms with van der Waals surface area (Å²) in [6.45, 7) is 3.61. The summed E-state index contributed by atoms with van der Waals surface area (Å²) >= 11 is 0. The van der Waals surface area contributed by atoms with Gasteiger partial charge in [-0.15, -0.1) is 0 Å². The maximum Gasteiger partial charge on any atom is 0.148 e. The van der Waals surface area contributed by atoms with Crippen LogP contribution in [0.15, 0.2) is 72.3 Å². The van der Waals surface area contributed by atoms with E-state index >= 15 is 0 Å². The van der Waals surface area contributed by atoms with Crippen LogP contribution in [0.3, 0.4) is 0 Å². The second kappa shape index (κ2) is 13.2. The minimum absolute atomic E-state index is 0.184. The van der Waals surface area contributed by atoms with Gasteiger partial charge in [-0.05, 0) is 23.6 Å². The Morgan fingerprint density at radius 1 is 0.903 bits per heavy atom. The molecule has 3 rings (SSSR count). The number of hydrogen-bond acceptors (Lipinski definition) is 4. The van der Waals surface area contributed by atoms with E-state index in [1.807, 2.05) is 66.7 Å². The van der Waals surface area contributed by atoms with Crippen molar-refractivity contribution >= 4 is 6.29 Å². The number of unbranched alkanes of at least 4 members (excludes halogenated alkanes) is 3. The van der Waals surface area contributed by atoms with Gasteiger partial charge < -0.3 is 14.2 Å². The first-order valence-electron chi connectivity index (χ1n) is 11.4. The lowest BCUT2D eigenvalue weighted by molar-refractivity contribution is -0.129. The molecule has 0 N–H and O–H groups in total. The lowest BCUT2D eigenvalue weighted by atomic mass is 9.97. The summed E-state index contributed by atoms with van der Waals surface area (Å²) < 4.78 is 18.5. The fourth-order valence-corrected chi connectivity index (χ4v) is 3.80. The average Bonchev–Trinajstić information content (AvgIpc) is 2.82. The van der Waals surface area contributed by atoms with Gasteiger partial charge in [0.05, 0.1) is 25.9 Å². The summed E-state index contributed by atoms with van der Waals surface area (Å²) in [5.41, 5.74) is 2.91. The molecule has 31 heavy (non-hydrogen) atoms. The van der Waals surface area contributed by atoms with Crippen LogP contribution in [-0.4, -0.2) is 31.2 Å². The molecule has 0 aliphatic carbocycles. The van der Waals surface area contributed by atoms with E-state index in [1.165, 1.54) is 12.8 Å². The molecule has 0 aromatic heterocycles. The third kappa shape index (κ3) is 7.73. The molecule has 0 radical (unpaired) electrons. The summed E-state index contributed by atoms with van der Waals surface area (Å²) in [6, 6.07) is 20.2. The Labute approximate surface area is 186 Å². The molecule has 0 bridgehead atoms. The highest BCUT2D eigenvalue weighted by atomic mass is 16.6. The van der Waals surface area contributed by atoms with Gasteiger partial charge in [0, 0.05) is 5.57 Å². The van der Waals surface area contributed by atoms with Crippen molar-refractivity contribution < 1.29 is 19.0 Å². The number of ether oxygens (including phenoxy) is 3. The van der Waals surface area contributed by atoms with E-state index in [-0.39, 0.29) is 18.3 Å². The molecule has 0 amide bonds. The van der Waals surface area contributed by atoms with Gasteiger partial charge in [0.2, 0.25) is 0 Å². The Bertz CT molecular complexity index is 787. The van der Waals surface area contributed by atoms with Gasteiger partial charge in [-0.3, -0.25) is 4.79 Å². The van der Waals surface area contributed by atoms with Crippen LogP contribution in [0.5, 0.6) is 0 Å². The maximum absolute atomic E-state index is 11.7. The molecule has 166 valence electrons. The van der Waals surface area contributed by atoms with E-state index in [9.17, 15) is 4.79 Å². The lowest BCUT2D eigenvalue weighted by Gasteiger charge is -2.34. The highest BCUT2D eigenvalue weighted by Gasteiger charge is 2.32. The molecule has 1 aliphatic rings. The number of rotatable bonds is 13. The molecule has 2 aromatic carbocycles. The zero-order chi connectivity index (χ0) is 21.7. The quantitative estimate of drug-likeness (QED) is 0.309. The van der Waals surface area contributed by atoms with Gasteiger partial charge in [-0.2, -0.15) is 0 Å². The van der Waals surface area contributed by atoms with Crippen LogP contribution in [-0.2, 0) is 32.2 Å². The van der Waals surface area contributed by atoms with E-state index in [1.54, 1.807) is 0 Å². The Kier molecular flexibility index (Phi) is 9.97. The van der Waals surface area contributed by atoms with E-state index in [2.05, 4.69) is 6.92 Å². The minimum atomic E-state index is -0.317. The van der Waals surface area contributed by atoms with E-state index < -0.39 is 0 Å². The molecule has 3 atom stereocenters. The fraction of sp³-hybridized carbons (Fsp3) is 0.444. The molecule has 1 heterocycles. The van der Waals surface area contributed by atoms with Crippen molar-refractivity contribution in [1.82, 2.24) is 0 Å². The molecule has 1 aliphatic heterocycles. The van der Waals surface area contributed by atoms with Gasteiger partial charge in [-0.25, -0.2) is 0 Å². The average molecular weight is 423 g/mol. The summed E-state index contributed by atoms with van der Waals surface area (Å²) in [5, 5.41) is 0. The molecule has 0 unspecified atom stereocenters. The van der Waals surface area contributed by atoms with Gasteiger partial charge in [-0.1, -0.05) is 93.3 Å². The standard InChI is InChI=1S/C27H34O4/c1-2-3-4-11-16-25-24(18-28)17-26(30-20-23-14-9-6-10-15-23)27(31-25)21-29-19-22-12-7-5-8-13-22/h5-10,12-15,17-18,25-27H,2-4,11,16,19-21H2,1H3/t25-,26+,27-/m1/s1. The van der Waals surface area contributed by atoms with Crippen molar-refractivity contribution in [3.63, 3.8) is 0 Å². The monoisotopic (exact) mass is 422 g/mol. The fourth-order valence-electron chi connectivity index (χ4n) is 3.80. The zero-order valence-electron chi connectivity index (χ0n) is 18.5. The normalized spacial score (nSPS) is 20.9. The van der Waals surface area contributed by atoms with Crippen molar-refractivity contribution in [2.75, 3.05) is 6.61 Å². The lowest BCUT2D eigenvalue weighted by Crippen LogP contribution is -2.42. The molecule has 0 fully saturated rings. The number of hydrogen-bond donors (Lipinski definition) is 0. The molecule has 4 nitrogen and oxygen atoms in total. The van der Waals surface area contributed by atoms with Crippen LogP contribution in [0.4, 0.5) is 0 Å². The maximum atomic E-state index is 11.7. The van der Waals surface area contributed by atoms with Gasteiger partial charge in [0.25, 0.3) is 0 Å². The van der Waals surface area contributed by atoms with E-state index in [0.29, 0.717) is 25.4 Å². The van der Waals surface area contributed by atoms with Gasteiger partial charge in [0.15, 0.2) is 0 Å². The number of carbonyl (C=O) groups excluding carboxylic acids is 1. The minimum Gasteiger partial charge on any atom is -0.374 e. The first-order chi connectivity index (χ1) is 15.3. The van der Waals surface area contributed by atoms with E-state index in [4.69, 9.17) is 14.2 Å². The predicted molar refractivity (Wildman–Crippen MR) is 123 cm³/mol. The van der Waals surface area contributed by atoms with Crippen molar-refractivity contribution in [3.8, 4) is 0 Å². The molecule has 0 spiro atoms. The highest BCUT2D eigenvalue weighted by molar-refractivity contribution is 5.75. The van der Waals surface area contributed by atoms with Crippen molar-refractivity contribution in [3.05, 3.63) is 83.4 Å². The van der Waals surface area contributed by atoms with Crippen LogP contribution in [0.2, 0.25) is 0 Å². The third-order valence-electron chi connectivity index (χ3n) is 5.57. The first-order valence-corrected chi connectivity index (χ1v) is 11.4. The van der Waals surface area contributed by atoms with Crippen LogP contribution in [0.1, 0.15) is 50.2 Å². The van der Waals surface area contributed by atoms with E-state index in [0.717, 1.165) is 36.7 Å². The second-order valence-electron chi connectivity index (χ2n) is 8.06. The predicted octanol–water partition coefficient (Wildman–Crippen LogP) is 5.65. The van der Waals surface area contributed by atoms with Gasteiger partial charge >= 0.3 is 0 Å². The summed E-state index contributed by atoms with van der Waals surface area (Å²) in [5.74, 6) is 0. The molecule has 0 saturated heterocycles. The Morgan fingerprint density at radius 2 is 1.58 bits per heavy atom.